The molecule has 15 heavy (non-hydrogen) atoms. The Bertz CT molecular complexity index is 344. The van der Waals surface area contributed by atoms with E-state index >= 15 is 0 Å². The van der Waals surface area contributed by atoms with Crippen molar-refractivity contribution >= 4 is 49.4 Å². The molecule has 2 aromatic rings. The maximum absolute atomic E-state index is 2.30. The number of hydrogen-bond donors (Lipinski definition) is 0. The molecule has 68 valence electrons. The van der Waals surface area contributed by atoms with Crippen LogP contribution in [0, 0.1) is 0 Å². The Balaban J connectivity index is 1.81. The second kappa shape index (κ2) is 6.58. The Morgan fingerprint density at radius 2 is 1.00 bits per heavy atom. The van der Waals surface area contributed by atoms with Gasteiger partial charge in [0.2, 0.25) is 0 Å². The molecule has 0 bridgehead atoms. The summed E-state index contributed by atoms with van der Waals surface area (Å²) in [4.78, 5) is 0. The van der Waals surface area contributed by atoms with Gasteiger partial charge in [-0.2, -0.15) is 0 Å². The summed E-state index contributed by atoms with van der Waals surface area (Å²) in [6.45, 7) is 0. The zero-order chi connectivity index (χ0) is 10.3. The quantitative estimate of drug-likeness (QED) is 0.675. The van der Waals surface area contributed by atoms with E-state index in [1.54, 1.807) is 9.61 Å². The van der Waals surface area contributed by atoms with E-state index in [2.05, 4.69) is 60.7 Å². The van der Waals surface area contributed by atoms with E-state index in [0.29, 0.717) is 0 Å². The molecule has 0 spiro atoms. The van der Waals surface area contributed by atoms with Gasteiger partial charge in [-0.1, -0.05) is 0 Å². The van der Waals surface area contributed by atoms with Gasteiger partial charge in [0.1, 0.15) is 0 Å². The van der Waals surface area contributed by atoms with Gasteiger partial charge in [0.25, 0.3) is 0 Å². The molecule has 2 rings (SSSR count). The van der Waals surface area contributed by atoms with E-state index < -0.39 is 0 Å². The van der Waals surface area contributed by atoms with Gasteiger partial charge < -0.3 is 0 Å². The fraction of sp³-hybridized carbons (Fsp3) is 0.0769. The molecule has 0 aliphatic carbocycles. The van der Waals surface area contributed by atoms with E-state index in [-0.39, 0.29) is 42.3 Å². The minimum absolute atomic E-state index is 0.256. The average molecular weight is 406 g/mol. The van der Waals surface area contributed by atoms with Crippen molar-refractivity contribution in [1.82, 2.24) is 0 Å². The van der Waals surface area contributed by atoms with E-state index in [0.717, 1.165) is 0 Å². The number of benzene rings is 2. The van der Waals surface area contributed by atoms with E-state index in [1.807, 2.05) is 0 Å². The Morgan fingerprint density at radius 1 is 0.600 bits per heavy atom. The zero-order valence-corrected chi connectivity index (χ0v) is 14.2. The van der Waals surface area contributed by atoms with Crippen LogP contribution in [0.25, 0.3) is 0 Å². The van der Waals surface area contributed by atoms with Gasteiger partial charge in [-0.25, -0.2) is 0 Å². The van der Waals surface area contributed by atoms with Gasteiger partial charge >= 0.3 is 113 Å². The van der Waals surface area contributed by atoms with Gasteiger partial charge in [0.05, 0.1) is 0 Å². The summed E-state index contributed by atoms with van der Waals surface area (Å²) in [5, 5.41) is 0. The normalized spacial score (nSPS) is 9.07. The first kappa shape index (κ1) is 11.5. The first-order valence-corrected chi connectivity index (χ1v) is 11.9. The van der Waals surface area contributed by atoms with Gasteiger partial charge in [-0.15, -0.1) is 0 Å². The van der Waals surface area contributed by atoms with Crippen LogP contribution in [-0.4, -0.2) is 42.3 Å². The molecule has 0 heterocycles. The molecule has 0 saturated heterocycles. The van der Waals surface area contributed by atoms with Crippen LogP contribution in [0.4, 0.5) is 0 Å². The summed E-state index contributed by atoms with van der Waals surface area (Å²) >= 11 is -0.511. The molecular formula is C13H12Sn2+4. The first-order chi connectivity index (χ1) is 7.45. The molecule has 0 saturated carbocycles. The molecule has 2 aromatic carbocycles. The maximum atomic E-state index is 2.30. The topological polar surface area (TPSA) is 0 Å². The second-order valence-electron chi connectivity index (χ2n) is 3.26. The van der Waals surface area contributed by atoms with Crippen molar-refractivity contribution in [3.8, 4) is 0 Å². The summed E-state index contributed by atoms with van der Waals surface area (Å²) in [7, 11) is 0. The molecule has 0 nitrogen and oxygen atoms in total. The van der Waals surface area contributed by atoms with E-state index in [9.17, 15) is 0 Å². The van der Waals surface area contributed by atoms with Crippen LogP contribution in [0.2, 0.25) is 2.45 Å². The fourth-order valence-corrected chi connectivity index (χ4v) is 14.7. The molecule has 0 amide bonds. The van der Waals surface area contributed by atoms with Crippen molar-refractivity contribution in [2.24, 2.45) is 0 Å². The predicted octanol–water partition coefficient (Wildman–Crippen LogP) is 1.42. The third-order valence-electron chi connectivity index (χ3n) is 2.13. The van der Waals surface area contributed by atoms with Crippen LogP contribution in [0.3, 0.4) is 0 Å². The number of hydrogen-bond acceptors (Lipinski definition) is 0. The molecule has 2 heteroatoms. The first-order valence-electron chi connectivity index (χ1n) is 5.03. The van der Waals surface area contributed by atoms with Crippen LogP contribution >= 0.6 is 0 Å². The third kappa shape index (κ3) is 4.19. The molecule has 0 atom stereocenters. The SMILES string of the molecule is c1cc[c]([Sn+2][CH2][Sn+2][c]2ccccc2)cc1. The van der Waals surface area contributed by atoms with Crippen LogP contribution < -0.4 is 7.16 Å². The van der Waals surface area contributed by atoms with Crippen molar-refractivity contribution in [2.45, 2.75) is 2.45 Å². The number of rotatable bonds is 4. The predicted molar refractivity (Wildman–Crippen MR) is 68.5 cm³/mol. The van der Waals surface area contributed by atoms with Crippen molar-refractivity contribution in [3.63, 3.8) is 0 Å². The third-order valence-corrected chi connectivity index (χ3v) is 14.1. The molecule has 0 fully saturated rings. The Hall–Kier alpha value is 0.0374. The van der Waals surface area contributed by atoms with E-state index in [1.165, 1.54) is 0 Å². The summed E-state index contributed by atoms with van der Waals surface area (Å²) in [6, 6.07) is 22.1. The van der Waals surface area contributed by atoms with Crippen molar-refractivity contribution in [3.05, 3.63) is 60.7 Å². The average Bonchev–Trinajstić information content (AvgIpc) is 2.32. The van der Waals surface area contributed by atoms with Gasteiger partial charge in [-0.05, 0) is 0 Å². The Kier molecular flexibility index (Phi) is 5.06. The minimum atomic E-state index is -0.256. The van der Waals surface area contributed by atoms with Crippen LogP contribution in [-0.2, 0) is 0 Å². The van der Waals surface area contributed by atoms with E-state index in [4.69, 9.17) is 0 Å². The summed E-state index contributed by atoms with van der Waals surface area (Å²) in [6.07, 6.45) is 0. The summed E-state index contributed by atoms with van der Waals surface area (Å²) < 4.78 is 4.87. The van der Waals surface area contributed by atoms with Gasteiger partial charge in [0, 0.05) is 0 Å². The molecule has 0 N–H and O–H groups in total. The zero-order valence-electron chi connectivity index (χ0n) is 8.48. The second-order valence-corrected chi connectivity index (χ2v) is 16.4. The summed E-state index contributed by atoms with van der Waals surface area (Å²) in [5.74, 6) is 0. The van der Waals surface area contributed by atoms with Crippen molar-refractivity contribution in [2.75, 3.05) is 0 Å². The monoisotopic (exact) mass is 408 g/mol. The molecule has 0 unspecified atom stereocenters. The fourth-order valence-electron chi connectivity index (χ4n) is 1.36. The standard InChI is InChI=1S/2C6H5.CH2.2Sn/c2*1-2-4-6-5-3-1;;;/h2*1-5H;1H2;;/q;;;2*+2. The van der Waals surface area contributed by atoms with Crippen LogP contribution in [0.1, 0.15) is 0 Å². The van der Waals surface area contributed by atoms with Crippen LogP contribution in [0.5, 0.6) is 0 Å². The van der Waals surface area contributed by atoms with Crippen LogP contribution in [0.15, 0.2) is 60.7 Å². The molecule has 0 aliphatic heterocycles. The van der Waals surface area contributed by atoms with Gasteiger partial charge in [-0.3, -0.25) is 0 Å². The molecule has 0 aliphatic rings. The molecular weight excluding hydrogens is 394 g/mol. The summed E-state index contributed by atoms with van der Waals surface area (Å²) in [5.41, 5.74) is 0. The van der Waals surface area contributed by atoms with Crippen molar-refractivity contribution in [1.29, 1.82) is 0 Å². The Labute approximate surface area is 112 Å². The molecule has 0 aromatic heterocycles. The Morgan fingerprint density at radius 3 is 1.40 bits per heavy atom. The molecule has 0 radical (unpaired) electrons. The van der Waals surface area contributed by atoms with Gasteiger partial charge in [0.15, 0.2) is 0 Å². The van der Waals surface area contributed by atoms with Crippen molar-refractivity contribution < 1.29 is 0 Å².